The van der Waals surface area contributed by atoms with Gasteiger partial charge in [0, 0.05) is 24.9 Å². The van der Waals surface area contributed by atoms with E-state index in [1.165, 1.54) is 0 Å². The van der Waals surface area contributed by atoms with Crippen molar-refractivity contribution in [2.75, 3.05) is 18.6 Å². The lowest BCUT2D eigenvalue weighted by Crippen LogP contribution is -2.37. The van der Waals surface area contributed by atoms with E-state index < -0.39 is 6.10 Å². The van der Waals surface area contributed by atoms with E-state index in [9.17, 15) is 5.11 Å². The molecule has 0 bridgehead atoms. The molecule has 1 aromatic rings. The zero-order chi connectivity index (χ0) is 14.0. The van der Waals surface area contributed by atoms with E-state index in [1.807, 2.05) is 19.2 Å². The van der Waals surface area contributed by atoms with Crippen LogP contribution in [0.15, 0.2) is 18.2 Å². The van der Waals surface area contributed by atoms with E-state index in [0.29, 0.717) is 5.56 Å². The summed E-state index contributed by atoms with van der Waals surface area (Å²) in [7, 11) is 2.00. The van der Waals surface area contributed by atoms with Gasteiger partial charge in [-0.1, -0.05) is 6.07 Å². The number of hydrogen-bond acceptors (Lipinski definition) is 4. The van der Waals surface area contributed by atoms with E-state index in [2.05, 4.69) is 17.9 Å². The lowest BCUT2D eigenvalue weighted by atomic mass is 10.0. The molecule has 0 amide bonds. The summed E-state index contributed by atoms with van der Waals surface area (Å²) in [6.07, 6.45) is 0.577. The quantitative estimate of drug-likeness (QED) is 0.905. The number of rotatable bonds is 3. The second-order valence-corrected chi connectivity index (χ2v) is 5.10. The number of ether oxygens (including phenoxy) is 1. The Morgan fingerprint density at radius 3 is 2.79 bits per heavy atom. The summed E-state index contributed by atoms with van der Waals surface area (Å²) >= 11 is 0. The molecule has 0 saturated carbocycles. The van der Waals surface area contributed by atoms with Crippen molar-refractivity contribution >= 4 is 5.69 Å². The lowest BCUT2D eigenvalue weighted by molar-refractivity contribution is 0.118. The summed E-state index contributed by atoms with van der Waals surface area (Å²) in [5.74, 6) is 0. The molecule has 0 aromatic heterocycles. The Balaban J connectivity index is 2.38. The molecule has 2 unspecified atom stereocenters. The highest BCUT2D eigenvalue weighted by atomic mass is 16.5. The number of hydrogen-bond donors (Lipinski definition) is 1. The first-order chi connectivity index (χ1) is 9.04. The maximum atomic E-state index is 9.88. The minimum atomic E-state index is -0.553. The fourth-order valence-corrected chi connectivity index (χ4v) is 2.68. The zero-order valence-corrected chi connectivity index (χ0v) is 11.6. The number of nitrogens with zero attached hydrogens (tertiary/aromatic N) is 2. The summed E-state index contributed by atoms with van der Waals surface area (Å²) < 4.78 is 5.60. The zero-order valence-electron chi connectivity index (χ0n) is 11.6. The predicted molar refractivity (Wildman–Crippen MR) is 74.0 cm³/mol. The molecule has 1 N–H and O–H groups in total. The van der Waals surface area contributed by atoms with Crippen LogP contribution >= 0.6 is 0 Å². The molecule has 1 aromatic carbocycles. The number of anilines is 1. The van der Waals surface area contributed by atoms with E-state index >= 15 is 0 Å². The maximum absolute atomic E-state index is 9.88. The van der Waals surface area contributed by atoms with Crippen molar-refractivity contribution in [2.24, 2.45) is 0 Å². The Morgan fingerprint density at radius 2 is 2.26 bits per heavy atom. The molecule has 0 radical (unpaired) electrons. The predicted octanol–water partition coefficient (Wildman–Crippen LogP) is 2.23. The van der Waals surface area contributed by atoms with Crippen LogP contribution in [0.3, 0.4) is 0 Å². The van der Waals surface area contributed by atoms with Crippen LogP contribution in [-0.4, -0.2) is 30.9 Å². The van der Waals surface area contributed by atoms with Gasteiger partial charge < -0.3 is 14.7 Å². The fourth-order valence-electron chi connectivity index (χ4n) is 2.68. The number of likely N-dealkylation sites (N-methyl/N-ethyl adjacent to an activating group) is 1. The van der Waals surface area contributed by atoms with Crippen molar-refractivity contribution in [3.05, 3.63) is 29.3 Å². The monoisotopic (exact) mass is 260 g/mol. The third kappa shape index (κ3) is 2.73. The average Bonchev–Trinajstić information content (AvgIpc) is 2.83. The Bertz CT molecular complexity index is 493. The molecule has 102 valence electrons. The summed E-state index contributed by atoms with van der Waals surface area (Å²) in [6.45, 7) is 4.57. The van der Waals surface area contributed by atoms with Gasteiger partial charge in [0.1, 0.15) is 0 Å². The van der Waals surface area contributed by atoms with Crippen LogP contribution in [0.5, 0.6) is 0 Å². The van der Waals surface area contributed by atoms with Gasteiger partial charge in [0.2, 0.25) is 0 Å². The van der Waals surface area contributed by atoms with Crippen molar-refractivity contribution in [1.29, 1.82) is 5.26 Å². The van der Waals surface area contributed by atoms with Gasteiger partial charge in [0.05, 0.1) is 29.9 Å². The number of aliphatic hydroxyl groups is 1. The average molecular weight is 260 g/mol. The molecular formula is C15H20N2O2. The minimum absolute atomic E-state index is 0.164. The molecule has 1 aliphatic heterocycles. The van der Waals surface area contributed by atoms with Gasteiger partial charge in [0.15, 0.2) is 0 Å². The van der Waals surface area contributed by atoms with Crippen LogP contribution in [0.4, 0.5) is 5.69 Å². The van der Waals surface area contributed by atoms with E-state index in [0.717, 1.165) is 24.3 Å². The standard InChI is InChI=1S/C15H20N2O2/c1-10(18)13-5-4-12(9-16)8-15(13)17(3)14-6-7-19-11(14)2/h4-5,8,10-11,14,18H,6-7H2,1-3H3/t10-,11?,14?/m1/s1. The van der Waals surface area contributed by atoms with Crippen LogP contribution in [0.2, 0.25) is 0 Å². The highest BCUT2D eigenvalue weighted by Crippen LogP contribution is 2.31. The summed E-state index contributed by atoms with van der Waals surface area (Å²) in [5.41, 5.74) is 2.37. The normalized spacial score (nSPS) is 23.9. The van der Waals surface area contributed by atoms with Gasteiger partial charge in [0.25, 0.3) is 0 Å². The number of benzene rings is 1. The highest BCUT2D eigenvalue weighted by Gasteiger charge is 2.29. The van der Waals surface area contributed by atoms with E-state index in [4.69, 9.17) is 10.00 Å². The molecule has 1 heterocycles. The lowest BCUT2D eigenvalue weighted by Gasteiger charge is -2.31. The molecule has 3 atom stereocenters. The van der Waals surface area contributed by atoms with Crippen molar-refractivity contribution in [2.45, 2.75) is 38.5 Å². The third-order valence-corrected chi connectivity index (χ3v) is 3.82. The van der Waals surface area contributed by atoms with Gasteiger partial charge in [-0.15, -0.1) is 0 Å². The molecule has 1 saturated heterocycles. The van der Waals surface area contributed by atoms with Crippen LogP contribution < -0.4 is 4.90 Å². The molecular weight excluding hydrogens is 240 g/mol. The Hall–Kier alpha value is -1.57. The van der Waals surface area contributed by atoms with Gasteiger partial charge in [-0.3, -0.25) is 0 Å². The van der Waals surface area contributed by atoms with Gasteiger partial charge >= 0.3 is 0 Å². The topological polar surface area (TPSA) is 56.5 Å². The molecule has 0 aliphatic carbocycles. The Morgan fingerprint density at radius 1 is 1.53 bits per heavy atom. The molecule has 4 heteroatoms. The van der Waals surface area contributed by atoms with E-state index in [-0.39, 0.29) is 12.1 Å². The maximum Gasteiger partial charge on any atom is 0.0992 e. The van der Waals surface area contributed by atoms with Crippen molar-refractivity contribution in [3.8, 4) is 6.07 Å². The Kier molecular flexibility index (Phi) is 4.08. The fraction of sp³-hybridized carbons (Fsp3) is 0.533. The molecule has 4 nitrogen and oxygen atoms in total. The summed E-state index contributed by atoms with van der Waals surface area (Å²) in [6, 6.07) is 7.85. The first-order valence-corrected chi connectivity index (χ1v) is 6.61. The van der Waals surface area contributed by atoms with Gasteiger partial charge in [-0.05, 0) is 32.4 Å². The van der Waals surface area contributed by atoms with Gasteiger partial charge in [-0.2, -0.15) is 5.26 Å². The SMILES string of the molecule is CC1OCCC1N(C)c1cc(C#N)ccc1[C@@H](C)O. The third-order valence-electron chi connectivity index (χ3n) is 3.82. The smallest absolute Gasteiger partial charge is 0.0992 e. The Labute approximate surface area is 114 Å². The first-order valence-electron chi connectivity index (χ1n) is 6.61. The van der Waals surface area contributed by atoms with Crippen LogP contribution in [-0.2, 0) is 4.74 Å². The number of aliphatic hydroxyl groups excluding tert-OH is 1. The van der Waals surface area contributed by atoms with Crippen LogP contribution in [0.1, 0.15) is 37.5 Å². The number of nitriles is 1. The minimum Gasteiger partial charge on any atom is -0.389 e. The summed E-state index contributed by atoms with van der Waals surface area (Å²) in [5, 5.41) is 18.9. The highest BCUT2D eigenvalue weighted by molar-refractivity contribution is 5.59. The van der Waals surface area contributed by atoms with Crippen molar-refractivity contribution < 1.29 is 9.84 Å². The van der Waals surface area contributed by atoms with Gasteiger partial charge in [-0.25, -0.2) is 0 Å². The van der Waals surface area contributed by atoms with E-state index in [1.54, 1.807) is 13.0 Å². The summed E-state index contributed by atoms with van der Waals surface area (Å²) in [4.78, 5) is 2.13. The molecule has 2 rings (SSSR count). The largest absolute Gasteiger partial charge is 0.389 e. The molecule has 1 fully saturated rings. The van der Waals surface area contributed by atoms with Crippen LogP contribution in [0.25, 0.3) is 0 Å². The van der Waals surface area contributed by atoms with Crippen molar-refractivity contribution in [1.82, 2.24) is 0 Å². The second kappa shape index (κ2) is 5.60. The molecule has 0 spiro atoms. The first kappa shape index (κ1) is 13.9. The second-order valence-electron chi connectivity index (χ2n) is 5.10. The van der Waals surface area contributed by atoms with Crippen molar-refractivity contribution in [3.63, 3.8) is 0 Å². The van der Waals surface area contributed by atoms with Crippen LogP contribution in [0, 0.1) is 11.3 Å². The molecule has 1 aliphatic rings. The molecule has 19 heavy (non-hydrogen) atoms.